The van der Waals surface area contributed by atoms with Crippen LogP contribution in [0.15, 0.2) is 40.6 Å². The molecular formula is C12H12ClNO2. The normalized spacial score (nSPS) is 12.7. The summed E-state index contributed by atoms with van der Waals surface area (Å²) in [5.41, 5.74) is 0.826. The van der Waals surface area contributed by atoms with Gasteiger partial charge >= 0.3 is 0 Å². The number of Topliss-reactive ketones (excluding diaryl/α,β-unsaturated/α-hetero) is 1. The molecule has 0 aliphatic rings. The van der Waals surface area contributed by atoms with Gasteiger partial charge < -0.3 is 5.11 Å². The van der Waals surface area contributed by atoms with Crippen molar-refractivity contribution in [3.05, 3.63) is 40.6 Å². The van der Waals surface area contributed by atoms with Crippen LogP contribution in [0.25, 0.3) is 0 Å². The average molecular weight is 238 g/mol. The van der Waals surface area contributed by atoms with Gasteiger partial charge in [-0.3, -0.25) is 9.79 Å². The topological polar surface area (TPSA) is 49.7 Å². The molecule has 16 heavy (non-hydrogen) atoms. The predicted molar refractivity (Wildman–Crippen MR) is 65.6 cm³/mol. The lowest BCUT2D eigenvalue weighted by atomic mass is 10.2. The Morgan fingerprint density at radius 1 is 1.44 bits per heavy atom. The van der Waals surface area contributed by atoms with Crippen LogP contribution in [0.2, 0.25) is 5.02 Å². The summed E-state index contributed by atoms with van der Waals surface area (Å²) in [5, 5.41) is 9.83. The van der Waals surface area contributed by atoms with E-state index in [-0.39, 0.29) is 17.1 Å². The van der Waals surface area contributed by atoms with Gasteiger partial charge in [0.05, 0.1) is 11.3 Å². The molecule has 0 bridgehead atoms. The van der Waals surface area contributed by atoms with Crippen LogP contribution in [0.3, 0.4) is 0 Å². The lowest BCUT2D eigenvalue weighted by molar-refractivity contribution is -0.113. The number of aliphatic imine (C=N–C) groups is 1. The van der Waals surface area contributed by atoms with Gasteiger partial charge in [0.1, 0.15) is 5.76 Å². The van der Waals surface area contributed by atoms with Gasteiger partial charge in [-0.05, 0) is 32.0 Å². The number of benzene rings is 1. The summed E-state index contributed by atoms with van der Waals surface area (Å²) in [4.78, 5) is 15.2. The minimum atomic E-state index is -0.231. The van der Waals surface area contributed by atoms with Crippen LogP contribution in [0.4, 0.5) is 5.69 Å². The van der Waals surface area contributed by atoms with E-state index in [9.17, 15) is 9.90 Å². The molecule has 0 amide bonds. The third-order valence-electron chi connectivity index (χ3n) is 1.92. The smallest absolute Gasteiger partial charge is 0.164 e. The first-order valence-corrected chi connectivity index (χ1v) is 5.09. The Morgan fingerprint density at radius 2 is 2.12 bits per heavy atom. The second-order valence-corrected chi connectivity index (χ2v) is 3.73. The molecule has 0 radical (unpaired) electrons. The average Bonchev–Trinajstić information content (AvgIpc) is 2.16. The van der Waals surface area contributed by atoms with Crippen molar-refractivity contribution < 1.29 is 9.90 Å². The summed E-state index contributed by atoms with van der Waals surface area (Å²) >= 11 is 5.78. The van der Waals surface area contributed by atoms with Gasteiger partial charge in [-0.25, -0.2) is 0 Å². The van der Waals surface area contributed by atoms with E-state index in [4.69, 9.17) is 11.6 Å². The predicted octanol–water partition coefficient (Wildman–Crippen LogP) is 3.46. The molecule has 3 nitrogen and oxygen atoms in total. The minimum absolute atomic E-state index is 0.0433. The second-order valence-electron chi connectivity index (χ2n) is 3.29. The van der Waals surface area contributed by atoms with Gasteiger partial charge in [0.2, 0.25) is 0 Å². The SMILES string of the molecule is CC(=O)/C(C=Nc1cccc(Cl)c1)=C(/C)O. The van der Waals surface area contributed by atoms with Gasteiger partial charge in [0.15, 0.2) is 5.78 Å². The molecule has 0 aliphatic carbocycles. The maximum absolute atomic E-state index is 11.1. The van der Waals surface area contributed by atoms with Gasteiger partial charge in [-0.2, -0.15) is 0 Å². The van der Waals surface area contributed by atoms with Crippen LogP contribution < -0.4 is 0 Å². The third-order valence-corrected chi connectivity index (χ3v) is 2.16. The Bertz CT molecular complexity index is 460. The number of halogens is 1. The molecule has 0 aliphatic heterocycles. The zero-order valence-electron chi connectivity index (χ0n) is 9.07. The number of hydrogen-bond donors (Lipinski definition) is 1. The van der Waals surface area contributed by atoms with Crippen LogP contribution in [0, 0.1) is 0 Å². The van der Waals surface area contributed by atoms with Crippen molar-refractivity contribution in [2.45, 2.75) is 13.8 Å². The zero-order valence-corrected chi connectivity index (χ0v) is 9.82. The highest BCUT2D eigenvalue weighted by Crippen LogP contribution is 2.17. The molecule has 84 valence electrons. The van der Waals surface area contributed by atoms with E-state index in [1.165, 1.54) is 20.1 Å². The van der Waals surface area contributed by atoms with Crippen molar-refractivity contribution in [2.24, 2.45) is 4.99 Å². The van der Waals surface area contributed by atoms with Gasteiger partial charge in [-0.15, -0.1) is 0 Å². The number of carbonyl (C=O) groups excluding carboxylic acids is 1. The maximum Gasteiger partial charge on any atom is 0.164 e. The van der Waals surface area contributed by atoms with E-state index in [2.05, 4.69) is 4.99 Å². The lowest BCUT2D eigenvalue weighted by Crippen LogP contribution is -2.01. The monoisotopic (exact) mass is 237 g/mol. The molecule has 0 saturated carbocycles. The highest BCUT2D eigenvalue weighted by Gasteiger charge is 2.04. The van der Waals surface area contributed by atoms with Crippen molar-refractivity contribution in [2.75, 3.05) is 0 Å². The van der Waals surface area contributed by atoms with E-state index in [1.54, 1.807) is 24.3 Å². The van der Waals surface area contributed by atoms with Crippen LogP contribution >= 0.6 is 11.6 Å². The Labute approximate surface area is 99.1 Å². The zero-order chi connectivity index (χ0) is 12.1. The maximum atomic E-state index is 11.1. The van der Waals surface area contributed by atoms with Gasteiger partial charge in [0, 0.05) is 11.2 Å². The molecule has 1 aromatic carbocycles. The van der Waals surface area contributed by atoms with E-state index >= 15 is 0 Å². The van der Waals surface area contributed by atoms with Gasteiger partial charge in [-0.1, -0.05) is 17.7 Å². The molecule has 1 rings (SSSR count). The largest absolute Gasteiger partial charge is 0.512 e. The van der Waals surface area contributed by atoms with Crippen molar-refractivity contribution in [1.29, 1.82) is 0 Å². The summed E-state index contributed by atoms with van der Waals surface area (Å²) in [6.45, 7) is 2.82. The lowest BCUT2D eigenvalue weighted by Gasteiger charge is -1.98. The molecule has 0 heterocycles. The van der Waals surface area contributed by atoms with Crippen molar-refractivity contribution >= 4 is 29.3 Å². The van der Waals surface area contributed by atoms with E-state index < -0.39 is 0 Å². The molecule has 0 unspecified atom stereocenters. The summed E-state index contributed by atoms with van der Waals surface area (Å²) in [5.74, 6) is -0.274. The Balaban J connectivity index is 2.96. The molecule has 0 saturated heterocycles. The molecule has 1 N–H and O–H groups in total. The number of allylic oxidation sites excluding steroid dienone is 2. The first-order chi connectivity index (χ1) is 7.50. The quantitative estimate of drug-likeness (QED) is 0.497. The Morgan fingerprint density at radius 3 is 2.62 bits per heavy atom. The molecular weight excluding hydrogens is 226 g/mol. The van der Waals surface area contributed by atoms with Crippen LogP contribution in [-0.2, 0) is 4.79 Å². The molecule has 0 aromatic heterocycles. The summed E-state index contributed by atoms with van der Waals surface area (Å²) in [6.07, 6.45) is 1.34. The first-order valence-electron chi connectivity index (χ1n) is 4.71. The highest BCUT2D eigenvalue weighted by molar-refractivity contribution is 6.30. The fourth-order valence-corrected chi connectivity index (χ4v) is 1.32. The summed E-state index contributed by atoms with van der Waals surface area (Å²) < 4.78 is 0. The number of rotatable bonds is 3. The Kier molecular flexibility index (Phi) is 4.26. The van der Waals surface area contributed by atoms with Crippen molar-refractivity contribution in [3.8, 4) is 0 Å². The molecule has 4 heteroatoms. The van der Waals surface area contributed by atoms with E-state index in [0.29, 0.717) is 10.7 Å². The van der Waals surface area contributed by atoms with Gasteiger partial charge in [0.25, 0.3) is 0 Å². The van der Waals surface area contributed by atoms with E-state index in [1.807, 2.05) is 0 Å². The number of hydrogen-bond acceptors (Lipinski definition) is 3. The van der Waals surface area contributed by atoms with Crippen molar-refractivity contribution in [3.63, 3.8) is 0 Å². The van der Waals surface area contributed by atoms with Crippen LogP contribution in [-0.4, -0.2) is 17.1 Å². The molecule has 0 fully saturated rings. The molecule has 1 aromatic rings. The number of aliphatic hydroxyl groups is 1. The highest BCUT2D eigenvalue weighted by atomic mass is 35.5. The number of nitrogens with zero attached hydrogens (tertiary/aromatic N) is 1. The summed E-state index contributed by atoms with van der Waals surface area (Å²) in [6, 6.07) is 6.92. The minimum Gasteiger partial charge on any atom is -0.512 e. The molecule has 0 spiro atoms. The van der Waals surface area contributed by atoms with Crippen LogP contribution in [0.1, 0.15) is 13.8 Å². The first kappa shape index (κ1) is 12.5. The molecule has 0 atom stereocenters. The number of ketones is 1. The number of aliphatic hydroxyl groups excluding tert-OH is 1. The van der Waals surface area contributed by atoms with E-state index in [0.717, 1.165) is 0 Å². The van der Waals surface area contributed by atoms with Crippen molar-refractivity contribution in [1.82, 2.24) is 0 Å². The second kappa shape index (κ2) is 5.47. The Hall–Kier alpha value is -1.61. The number of carbonyl (C=O) groups is 1. The summed E-state index contributed by atoms with van der Waals surface area (Å²) in [7, 11) is 0. The standard InChI is InChI=1S/C12H12ClNO2/c1-8(15)12(9(2)16)7-14-11-5-3-4-10(13)6-11/h3-7,15H,1-2H3/b12-8-,14-7?. The fourth-order valence-electron chi connectivity index (χ4n) is 1.13. The fraction of sp³-hybridized carbons (Fsp3) is 0.167. The third kappa shape index (κ3) is 3.51. The van der Waals surface area contributed by atoms with Crippen LogP contribution in [0.5, 0.6) is 0 Å².